The second-order valence-electron chi connectivity index (χ2n) is 5.40. The smallest absolute Gasteiger partial charge is 0.360 e. The zero-order valence-corrected chi connectivity index (χ0v) is 14.3. The molecule has 0 spiro atoms. The summed E-state index contributed by atoms with van der Waals surface area (Å²) in [6.45, 7) is 0. The molecule has 3 N–H and O–H groups in total. The van der Waals surface area contributed by atoms with E-state index < -0.39 is 33.8 Å². The Balaban J connectivity index is 1.88. The highest BCUT2D eigenvalue weighted by Gasteiger charge is 2.37. The van der Waals surface area contributed by atoms with E-state index in [0.29, 0.717) is 22.8 Å². The van der Waals surface area contributed by atoms with E-state index in [-0.39, 0.29) is 10.6 Å². The van der Waals surface area contributed by atoms with Crippen LogP contribution in [0.2, 0.25) is 5.02 Å². The molecule has 26 heavy (non-hydrogen) atoms. The van der Waals surface area contributed by atoms with E-state index in [9.17, 15) is 26.4 Å². The van der Waals surface area contributed by atoms with Crippen molar-refractivity contribution >= 4 is 38.9 Å². The van der Waals surface area contributed by atoms with Gasteiger partial charge in [0, 0.05) is 10.7 Å². The first-order chi connectivity index (χ1) is 12.1. The molecule has 6 nitrogen and oxygen atoms in total. The van der Waals surface area contributed by atoms with Gasteiger partial charge in [-0.2, -0.15) is 17.9 Å². The Morgan fingerprint density at radius 2 is 1.77 bits per heavy atom. The van der Waals surface area contributed by atoms with Crippen molar-refractivity contribution in [1.82, 2.24) is 4.72 Å². The van der Waals surface area contributed by atoms with Crippen LogP contribution in [0, 0.1) is 0 Å². The molecule has 2 aromatic rings. The molecule has 0 aliphatic carbocycles. The largest absolute Gasteiger partial charge is 0.416 e. The number of halogens is 4. The molecule has 138 valence electrons. The van der Waals surface area contributed by atoms with Gasteiger partial charge >= 0.3 is 6.18 Å². The number of hydrogen-bond acceptors (Lipinski definition) is 4. The van der Waals surface area contributed by atoms with Gasteiger partial charge < -0.3 is 10.6 Å². The first-order valence-corrected chi connectivity index (χ1v) is 8.99. The summed E-state index contributed by atoms with van der Waals surface area (Å²) in [5.41, 5.74) is -0.997. The molecule has 3 rings (SSSR count). The maximum absolute atomic E-state index is 12.8. The maximum Gasteiger partial charge on any atom is 0.416 e. The molecule has 0 radical (unpaired) electrons. The number of nitrogens with one attached hydrogen (secondary N) is 3. The van der Waals surface area contributed by atoms with Gasteiger partial charge in [0.05, 0.1) is 11.3 Å². The van der Waals surface area contributed by atoms with Crippen LogP contribution in [0.25, 0.3) is 0 Å². The van der Waals surface area contributed by atoms with Crippen molar-refractivity contribution in [3.8, 4) is 0 Å². The topological polar surface area (TPSA) is 87.3 Å². The second kappa shape index (κ2) is 6.45. The minimum Gasteiger partial charge on any atom is -0.360 e. The summed E-state index contributed by atoms with van der Waals surface area (Å²) in [6.07, 6.45) is -6.13. The van der Waals surface area contributed by atoms with Crippen LogP contribution in [-0.4, -0.2) is 20.5 Å². The van der Waals surface area contributed by atoms with Gasteiger partial charge in [0.25, 0.3) is 5.91 Å². The van der Waals surface area contributed by atoms with Crippen LogP contribution in [0.5, 0.6) is 0 Å². The van der Waals surface area contributed by atoms with Gasteiger partial charge in [0.15, 0.2) is 6.17 Å². The zero-order valence-electron chi connectivity index (χ0n) is 12.8. The van der Waals surface area contributed by atoms with Crippen LogP contribution in [-0.2, 0) is 21.0 Å². The molecular formula is C15H11ClF3N3O3S. The average molecular weight is 406 g/mol. The molecule has 0 bridgehead atoms. The van der Waals surface area contributed by atoms with Crippen LogP contribution >= 0.6 is 11.6 Å². The summed E-state index contributed by atoms with van der Waals surface area (Å²) in [6, 6.07) is 8.16. The molecule has 0 fully saturated rings. The first-order valence-electron chi connectivity index (χ1n) is 7.13. The van der Waals surface area contributed by atoms with Crippen molar-refractivity contribution in [3.05, 3.63) is 53.1 Å². The average Bonchev–Trinajstić information content (AvgIpc) is 2.55. The van der Waals surface area contributed by atoms with Gasteiger partial charge in [0.1, 0.15) is 4.90 Å². The molecule has 11 heteroatoms. The Morgan fingerprint density at radius 1 is 1.12 bits per heavy atom. The maximum atomic E-state index is 12.8. The predicted molar refractivity (Wildman–Crippen MR) is 89.3 cm³/mol. The fourth-order valence-electron chi connectivity index (χ4n) is 2.32. The Hall–Kier alpha value is -2.30. The summed E-state index contributed by atoms with van der Waals surface area (Å²) in [4.78, 5) is 11.9. The predicted octanol–water partition coefficient (Wildman–Crippen LogP) is 3.03. The Bertz CT molecular complexity index is 962. The molecule has 1 heterocycles. The third-order valence-electron chi connectivity index (χ3n) is 3.54. The summed E-state index contributed by atoms with van der Waals surface area (Å²) in [7, 11) is -4.16. The molecule has 1 aliphatic rings. The van der Waals surface area contributed by atoms with Crippen LogP contribution in [0.15, 0.2) is 47.4 Å². The van der Waals surface area contributed by atoms with E-state index in [4.69, 9.17) is 11.6 Å². The lowest BCUT2D eigenvalue weighted by molar-refractivity contribution is -0.137. The molecular weight excluding hydrogens is 395 g/mol. The van der Waals surface area contributed by atoms with Crippen molar-refractivity contribution in [1.29, 1.82) is 0 Å². The minimum atomic E-state index is -4.65. The van der Waals surface area contributed by atoms with Gasteiger partial charge in [-0.3, -0.25) is 4.79 Å². The summed E-state index contributed by atoms with van der Waals surface area (Å²) in [5.74, 6) is -0.793. The molecule has 1 aliphatic heterocycles. The fourth-order valence-corrected chi connectivity index (χ4v) is 3.71. The van der Waals surface area contributed by atoms with Crippen molar-refractivity contribution in [2.75, 3.05) is 10.6 Å². The highest BCUT2D eigenvalue weighted by atomic mass is 35.5. The molecule has 0 unspecified atom stereocenters. The van der Waals surface area contributed by atoms with Gasteiger partial charge in [0.2, 0.25) is 10.0 Å². The Kier molecular flexibility index (Phi) is 4.59. The number of carbonyl (C=O) groups excluding carboxylic acids is 1. The monoisotopic (exact) mass is 405 g/mol. The van der Waals surface area contributed by atoms with Crippen molar-refractivity contribution in [2.45, 2.75) is 17.2 Å². The lowest BCUT2D eigenvalue weighted by atomic mass is 10.2. The zero-order chi connectivity index (χ0) is 19.1. The van der Waals surface area contributed by atoms with E-state index in [1.54, 1.807) is 0 Å². The van der Waals surface area contributed by atoms with E-state index >= 15 is 0 Å². The lowest BCUT2D eigenvalue weighted by Gasteiger charge is -2.27. The number of alkyl halides is 3. The Labute approximate surface area is 151 Å². The number of amides is 1. The van der Waals surface area contributed by atoms with E-state index in [1.165, 1.54) is 24.3 Å². The molecule has 1 atom stereocenters. The minimum absolute atomic E-state index is 0.310. The van der Waals surface area contributed by atoms with Crippen LogP contribution < -0.4 is 15.4 Å². The first kappa shape index (κ1) is 18.5. The third-order valence-corrected chi connectivity index (χ3v) is 5.28. The molecule has 0 saturated heterocycles. The quantitative estimate of drug-likeness (QED) is 0.716. The SMILES string of the molecule is O=C(Nc1ccc(Cl)cc1)[C@H]1Nc2cc(C(F)(F)F)ccc2S(=O)(=O)N1. The summed E-state index contributed by atoms with van der Waals surface area (Å²) >= 11 is 5.73. The molecule has 2 aromatic carbocycles. The van der Waals surface area contributed by atoms with Crippen LogP contribution in [0.3, 0.4) is 0 Å². The number of carbonyl (C=O) groups is 1. The van der Waals surface area contributed by atoms with Crippen molar-refractivity contribution in [3.63, 3.8) is 0 Å². The highest BCUT2D eigenvalue weighted by molar-refractivity contribution is 7.89. The van der Waals surface area contributed by atoms with Crippen molar-refractivity contribution in [2.24, 2.45) is 0 Å². The highest BCUT2D eigenvalue weighted by Crippen LogP contribution is 2.35. The standard InChI is InChI=1S/C15H11ClF3N3O3S/c16-9-2-4-10(5-3-9)20-14(23)13-21-11-7-8(15(17,18)19)1-6-12(11)26(24,25)22-13/h1-7,13,21-22H,(H,20,23)/t13-/m0/s1. The number of sulfonamides is 1. The van der Waals surface area contributed by atoms with Crippen LogP contribution in [0.1, 0.15) is 5.56 Å². The van der Waals surface area contributed by atoms with Gasteiger partial charge in [-0.25, -0.2) is 8.42 Å². The Morgan fingerprint density at radius 3 is 2.38 bits per heavy atom. The van der Waals surface area contributed by atoms with E-state index in [0.717, 1.165) is 6.07 Å². The molecule has 0 aromatic heterocycles. The second-order valence-corrected chi connectivity index (χ2v) is 7.52. The number of hydrogen-bond donors (Lipinski definition) is 3. The van der Waals surface area contributed by atoms with Gasteiger partial charge in [-0.1, -0.05) is 11.6 Å². The molecule has 1 amide bonds. The van der Waals surface area contributed by atoms with Crippen molar-refractivity contribution < 1.29 is 26.4 Å². The summed E-state index contributed by atoms with van der Waals surface area (Å²) < 4.78 is 65.0. The number of rotatable bonds is 2. The third kappa shape index (κ3) is 3.76. The normalized spacial score (nSPS) is 18.5. The number of benzene rings is 2. The van der Waals surface area contributed by atoms with E-state index in [1.807, 2.05) is 0 Å². The number of fused-ring (bicyclic) bond motifs is 1. The van der Waals surface area contributed by atoms with E-state index in [2.05, 4.69) is 15.4 Å². The van der Waals surface area contributed by atoms with Crippen LogP contribution in [0.4, 0.5) is 24.5 Å². The lowest BCUT2D eigenvalue weighted by Crippen LogP contribution is -2.51. The van der Waals surface area contributed by atoms with Gasteiger partial charge in [-0.15, -0.1) is 0 Å². The fraction of sp³-hybridized carbons (Fsp3) is 0.133. The number of anilines is 2. The van der Waals surface area contributed by atoms with Gasteiger partial charge in [-0.05, 0) is 42.5 Å². The summed E-state index contributed by atoms with van der Waals surface area (Å²) in [5, 5.41) is 5.35. The molecule has 0 saturated carbocycles.